The van der Waals surface area contributed by atoms with Crippen molar-refractivity contribution in [3.8, 4) is 0 Å². The van der Waals surface area contributed by atoms with Crippen molar-refractivity contribution in [1.82, 2.24) is 10.3 Å². The van der Waals surface area contributed by atoms with Crippen LogP contribution in [0.1, 0.15) is 78.3 Å². The van der Waals surface area contributed by atoms with Gasteiger partial charge in [0.05, 0.1) is 12.1 Å². The fourth-order valence-electron chi connectivity index (χ4n) is 3.58. The van der Waals surface area contributed by atoms with Gasteiger partial charge in [-0.25, -0.2) is 4.79 Å². The van der Waals surface area contributed by atoms with Crippen LogP contribution in [0.3, 0.4) is 0 Å². The van der Waals surface area contributed by atoms with Crippen molar-refractivity contribution >= 4 is 11.9 Å². The van der Waals surface area contributed by atoms with E-state index < -0.39 is 12.1 Å². The van der Waals surface area contributed by atoms with Gasteiger partial charge in [-0.2, -0.15) is 0 Å². The summed E-state index contributed by atoms with van der Waals surface area (Å²) in [7, 11) is 0. The molecule has 2 atom stereocenters. The van der Waals surface area contributed by atoms with Gasteiger partial charge >= 0.3 is 5.97 Å². The van der Waals surface area contributed by atoms with Gasteiger partial charge < -0.3 is 20.1 Å². The number of ether oxygens (including phenoxy) is 1. The second-order valence-electron chi connectivity index (χ2n) is 8.04. The lowest BCUT2D eigenvalue weighted by atomic mass is 10.00. The molecule has 0 bridgehead atoms. The number of carbonyl (C=O) groups is 2. The van der Waals surface area contributed by atoms with E-state index in [0.717, 1.165) is 12.0 Å². The van der Waals surface area contributed by atoms with Gasteiger partial charge in [0.2, 0.25) is 0 Å². The number of rotatable bonds is 8. The zero-order valence-electron chi connectivity index (χ0n) is 18.1. The Kier molecular flexibility index (Phi) is 7.62. The Morgan fingerprint density at radius 1 is 1.10 bits per heavy atom. The van der Waals surface area contributed by atoms with Crippen molar-refractivity contribution in [2.45, 2.75) is 60.1 Å². The molecule has 1 amide bonds. The molecule has 0 spiro atoms. The number of amides is 1. The third-order valence-electron chi connectivity index (χ3n) is 4.95. The maximum Gasteiger partial charge on any atom is 0.355 e. The average molecular weight is 401 g/mol. The highest BCUT2D eigenvalue weighted by Gasteiger charge is 2.22. The fourth-order valence-corrected chi connectivity index (χ4v) is 3.58. The molecule has 0 aliphatic carbocycles. The third kappa shape index (κ3) is 5.94. The number of H-pyrrole nitrogens is 1. The Morgan fingerprint density at radius 3 is 2.24 bits per heavy atom. The molecule has 3 N–H and O–H groups in total. The van der Waals surface area contributed by atoms with E-state index in [1.165, 1.54) is 5.56 Å². The van der Waals surface area contributed by atoms with Crippen LogP contribution in [-0.4, -0.2) is 28.6 Å². The highest BCUT2D eigenvalue weighted by atomic mass is 16.5. The average Bonchev–Trinajstić information content (AvgIpc) is 2.94. The number of aromatic nitrogens is 1. The summed E-state index contributed by atoms with van der Waals surface area (Å²) in [6.45, 7) is 11.1. The smallest absolute Gasteiger partial charge is 0.355 e. The number of nitrogens with one attached hydrogen (secondary N) is 2. The minimum atomic E-state index is -0.691. The molecule has 2 aromatic rings. The number of hydrogen-bond acceptors (Lipinski definition) is 4. The lowest BCUT2D eigenvalue weighted by Crippen LogP contribution is -2.31. The van der Waals surface area contributed by atoms with Gasteiger partial charge in [-0.15, -0.1) is 0 Å². The van der Waals surface area contributed by atoms with Crippen molar-refractivity contribution in [2.75, 3.05) is 6.61 Å². The van der Waals surface area contributed by atoms with Crippen LogP contribution in [0.2, 0.25) is 0 Å². The van der Waals surface area contributed by atoms with E-state index in [1.54, 1.807) is 20.8 Å². The van der Waals surface area contributed by atoms with Crippen molar-refractivity contribution in [2.24, 2.45) is 5.92 Å². The summed E-state index contributed by atoms with van der Waals surface area (Å²) in [5.74, 6) is -0.386. The largest absolute Gasteiger partial charge is 0.451 e. The quantitative estimate of drug-likeness (QED) is 0.586. The van der Waals surface area contributed by atoms with Crippen LogP contribution in [0.4, 0.5) is 0 Å². The molecule has 0 saturated heterocycles. The number of esters is 1. The maximum atomic E-state index is 12.3. The van der Waals surface area contributed by atoms with Crippen molar-refractivity contribution in [3.63, 3.8) is 0 Å². The second kappa shape index (κ2) is 9.74. The van der Waals surface area contributed by atoms with E-state index in [2.05, 4.69) is 36.3 Å². The Morgan fingerprint density at radius 2 is 1.72 bits per heavy atom. The van der Waals surface area contributed by atoms with Crippen LogP contribution in [0, 0.1) is 19.8 Å². The number of hydrogen-bond donors (Lipinski definition) is 3. The molecule has 0 radical (unpaired) electrons. The number of benzene rings is 1. The maximum absolute atomic E-state index is 12.3. The molecule has 0 fully saturated rings. The van der Waals surface area contributed by atoms with Gasteiger partial charge in [0.25, 0.3) is 5.91 Å². The van der Waals surface area contributed by atoms with Crippen LogP contribution in [0.15, 0.2) is 24.3 Å². The molecule has 0 saturated carbocycles. The first kappa shape index (κ1) is 22.7. The Labute approximate surface area is 172 Å². The van der Waals surface area contributed by atoms with Gasteiger partial charge in [0.15, 0.2) is 6.61 Å². The molecule has 6 heteroatoms. The predicted molar refractivity (Wildman–Crippen MR) is 113 cm³/mol. The molecule has 1 aromatic carbocycles. The molecular weight excluding hydrogens is 368 g/mol. The van der Waals surface area contributed by atoms with Crippen molar-refractivity contribution < 1.29 is 19.4 Å². The lowest BCUT2D eigenvalue weighted by molar-refractivity contribution is -0.124. The van der Waals surface area contributed by atoms with Crippen LogP contribution in [-0.2, 0) is 16.0 Å². The van der Waals surface area contributed by atoms with Crippen molar-refractivity contribution in [1.29, 1.82) is 0 Å². The number of aliphatic hydroxyl groups is 1. The second-order valence-corrected chi connectivity index (χ2v) is 8.04. The number of aliphatic hydroxyl groups excluding tert-OH is 1. The normalized spacial score (nSPS) is 13.2. The van der Waals surface area contributed by atoms with Gasteiger partial charge in [-0.3, -0.25) is 4.79 Å². The summed E-state index contributed by atoms with van der Waals surface area (Å²) in [5, 5.41) is 12.7. The van der Waals surface area contributed by atoms with Crippen LogP contribution in [0.25, 0.3) is 0 Å². The molecule has 6 nitrogen and oxygen atoms in total. The van der Waals surface area contributed by atoms with Crippen LogP contribution in [0.5, 0.6) is 0 Å². The summed E-state index contributed by atoms with van der Waals surface area (Å²) in [5.41, 5.74) is 4.55. The lowest BCUT2D eigenvalue weighted by Gasteiger charge is -2.15. The van der Waals surface area contributed by atoms with E-state index in [9.17, 15) is 14.7 Å². The highest BCUT2D eigenvalue weighted by Crippen LogP contribution is 2.24. The zero-order chi connectivity index (χ0) is 21.7. The molecule has 2 rings (SSSR count). The first-order chi connectivity index (χ1) is 13.6. The van der Waals surface area contributed by atoms with E-state index >= 15 is 0 Å². The molecular formula is C23H32N2O4. The molecule has 29 heavy (non-hydrogen) atoms. The number of aryl methyl sites for hydroxylation is 1. The summed E-state index contributed by atoms with van der Waals surface area (Å²) in [6.07, 6.45) is 0.328. The minimum Gasteiger partial charge on any atom is -0.451 e. The SMILES string of the molecule is Cc1[nH]c(C(=O)OCC(=O)N[C@H](C)c2ccc(CC(C)C)cc2)c(C)c1[C@H](C)O. The Bertz CT molecular complexity index is 851. The standard InChI is InChI=1S/C23H32N2O4/c1-13(2)11-18-7-9-19(10-8-18)15(4)24-20(27)12-29-23(28)22-14(3)21(17(6)26)16(5)25-22/h7-10,13,15,17,25-26H,11-12H2,1-6H3,(H,24,27)/t15-,17+/m1/s1. The van der Waals surface area contributed by atoms with Crippen molar-refractivity contribution in [3.05, 3.63) is 57.9 Å². The molecule has 158 valence electrons. The molecule has 1 aromatic heterocycles. The summed E-state index contributed by atoms with van der Waals surface area (Å²) < 4.78 is 5.15. The van der Waals surface area contributed by atoms with E-state index in [-0.39, 0.29) is 24.2 Å². The topological polar surface area (TPSA) is 91.4 Å². The van der Waals surface area contributed by atoms with E-state index in [0.29, 0.717) is 22.7 Å². The zero-order valence-corrected chi connectivity index (χ0v) is 18.1. The van der Waals surface area contributed by atoms with Crippen LogP contribution < -0.4 is 5.32 Å². The number of carbonyl (C=O) groups excluding carboxylic acids is 2. The first-order valence-electron chi connectivity index (χ1n) is 10.0. The number of aromatic amines is 1. The summed E-state index contributed by atoms with van der Waals surface area (Å²) in [4.78, 5) is 27.5. The summed E-state index contributed by atoms with van der Waals surface area (Å²) in [6, 6.07) is 7.99. The predicted octanol–water partition coefficient (Wildman–Crippen LogP) is 3.92. The monoisotopic (exact) mass is 400 g/mol. The molecule has 0 unspecified atom stereocenters. The van der Waals surface area contributed by atoms with Gasteiger partial charge in [-0.1, -0.05) is 38.1 Å². The minimum absolute atomic E-state index is 0.189. The van der Waals surface area contributed by atoms with Gasteiger partial charge in [0, 0.05) is 11.3 Å². The summed E-state index contributed by atoms with van der Waals surface area (Å²) >= 11 is 0. The fraction of sp³-hybridized carbons (Fsp3) is 0.478. The Balaban J connectivity index is 1.91. The third-order valence-corrected chi connectivity index (χ3v) is 4.95. The molecule has 1 heterocycles. The highest BCUT2D eigenvalue weighted by molar-refractivity contribution is 5.91. The Hall–Kier alpha value is -2.60. The molecule has 0 aliphatic rings. The van der Waals surface area contributed by atoms with Gasteiger partial charge in [-0.05, 0) is 56.7 Å². The van der Waals surface area contributed by atoms with Crippen LogP contribution >= 0.6 is 0 Å². The molecule has 0 aliphatic heterocycles. The van der Waals surface area contributed by atoms with E-state index in [1.807, 2.05) is 19.1 Å². The van der Waals surface area contributed by atoms with Gasteiger partial charge in [0.1, 0.15) is 5.69 Å². The van der Waals surface area contributed by atoms with E-state index in [4.69, 9.17) is 4.74 Å². The first-order valence-corrected chi connectivity index (χ1v) is 10.0.